The van der Waals surface area contributed by atoms with Crippen LogP contribution >= 0.6 is 0 Å². The topological polar surface area (TPSA) is 0 Å². The highest BCUT2D eigenvalue weighted by Gasteiger charge is 2.11. The van der Waals surface area contributed by atoms with Crippen LogP contribution in [-0.2, 0) is 6.42 Å². The zero-order valence-corrected chi connectivity index (χ0v) is 9.77. The number of benzene rings is 1. The van der Waals surface area contributed by atoms with Gasteiger partial charge in [-0.15, -0.1) is 0 Å². The molecule has 0 aliphatic carbocycles. The SMILES string of the molecule is C=C(CC(=C)C(F)F)c1ccc(CC)c(F)c1. The van der Waals surface area contributed by atoms with Gasteiger partial charge < -0.3 is 0 Å². The van der Waals surface area contributed by atoms with Crippen LogP contribution in [0.2, 0.25) is 0 Å². The molecule has 0 saturated heterocycles. The van der Waals surface area contributed by atoms with Crippen molar-refractivity contribution in [2.75, 3.05) is 0 Å². The van der Waals surface area contributed by atoms with E-state index in [1.54, 1.807) is 12.1 Å². The van der Waals surface area contributed by atoms with Crippen LogP contribution in [0, 0.1) is 5.82 Å². The smallest absolute Gasteiger partial charge is 0.207 e. The molecule has 92 valence electrons. The molecule has 0 aliphatic heterocycles. The van der Waals surface area contributed by atoms with Crippen molar-refractivity contribution < 1.29 is 13.2 Å². The standard InChI is InChI=1S/C14H15F3/c1-4-11-5-6-12(8-13(11)15)9(2)7-10(3)14(16)17/h5-6,8,14H,2-4,7H2,1H3. The fraction of sp³-hybridized carbons (Fsp3) is 0.286. The van der Waals surface area contributed by atoms with Crippen LogP contribution in [0.3, 0.4) is 0 Å². The van der Waals surface area contributed by atoms with E-state index in [1.165, 1.54) is 6.07 Å². The van der Waals surface area contributed by atoms with Crippen LogP contribution in [0.1, 0.15) is 24.5 Å². The van der Waals surface area contributed by atoms with Crippen molar-refractivity contribution in [3.63, 3.8) is 0 Å². The van der Waals surface area contributed by atoms with Gasteiger partial charge in [0.1, 0.15) is 5.82 Å². The van der Waals surface area contributed by atoms with Crippen molar-refractivity contribution >= 4 is 5.57 Å². The number of aryl methyl sites for hydroxylation is 1. The van der Waals surface area contributed by atoms with Gasteiger partial charge >= 0.3 is 0 Å². The molecule has 0 fully saturated rings. The maximum absolute atomic E-state index is 13.5. The molecule has 0 N–H and O–H groups in total. The Hall–Kier alpha value is -1.51. The van der Waals surface area contributed by atoms with Gasteiger partial charge in [0.2, 0.25) is 0 Å². The number of allylic oxidation sites excluding steroid dienone is 2. The molecule has 0 unspecified atom stereocenters. The molecule has 17 heavy (non-hydrogen) atoms. The largest absolute Gasteiger partial charge is 0.259 e. The minimum atomic E-state index is -2.56. The Morgan fingerprint density at radius 1 is 1.29 bits per heavy atom. The van der Waals surface area contributed by atoms with E-state index in [4.69, 9.17) is 0 Å². The van der Waals surface area contributed by atoms with E-state index in [0.717, 1.165) is 0 Å². The van der Waals surface area contributed by atoms with Crippen LogP contribution in [0.4, 0.5) is 13.2 Å². The Bertz CT molecular complexity index is 433. The quantitative estimate of drug-likeness (QED) is 0.659. The molecule has 1 aromatic carbocycles. The molecular formula is C14H15F3. The highest BCUT2D eigenvalue weighted by atomic mass is 19.3. The van der Waals surface area contributed by atoms with E-state index < -0.39 is 6.43 Å². The van der Waals surface area contributed by atoms with E-state index in [-0.39, 0.29) is 17.8 Å². The molecule has 0 bridgehead atoms. The molecule has 3 heteroatoms. The molecule has 0 nitrogen and oxygen atoms in total. The van der Waals surface area contributed by atoms with Gasteiger partial charge in [-0.05, 0) is 41.2 Å². The van der Waals surface area contributed by atoms with E-state index in [9.17, 15) is 13.2 Å². The van der Waals surface area contributed by atoms with Crippen LogP contribution in [0.5, 0.6) is 0 Å². The molecule has 0 atom stereocenters. The molecule has 0 spiro atoms. The Balaban J connectivity index is 2.83. The first-order chi connectivity index (χ1) is 7.95. The molecule has 0 saturated carbocycles. The van der Waals surface area contributed by atoms with Crippen molar-refractivity contribution in [3.05, 3.63) is 53.9 Å². The Morgan fingerprint density at radius 2 is 1.94 bits per heavy atom. The summed E-state index contributed by atoms with van der Waals surface area (Å²) in [4.78, 5) is 0. The average molecular weight is 240 g/mol. The Kier molecular flexibility index (Phi) is 4.55. The second kappa shape index (κ2) is 5.71. The molecule has 0 heterocycles. The summed E-state index contributed by atoms with van der Waals surface area (Å²) in [5.74, 6) is -0.325. The van der Waals surface area contributed by atoms with E-state index in [2.05, 4.69) is 13.2 Å². The second-order valence-electron chi connectivity index (χ2n) is 3.90. The zero-order valence-electron chi connectivity index (χ0n) is 9.77. The average Bonchev–Trinajstić information content (AvgIpc) is 2.28. The highest BCUT2D eigenvalue weighted by Crippen LogP contribution is 2.24. The summed E-state index contributed by atoms with van der Waals surface area (Å²) in [6.07, 6.45) is -1.98. The predicted octanol–water partition coefficient (Wildman–Crippen LogP) is 4.61. The van der Waals surface area contributed by atoms with Crippen molar-refractivity contribution in [1.82, 2.24) is 0 Å². The minimum Gasteiger partial charge on any atom is -0.207 e. The first kappa shape index (κ1) is 13.6. The van der Waals surface area contributed by atoms with Crippen LogP contribution in [0.25, 0.3) is 5.57 Å². The minimum absolute atomic E-state index is 0.0113. The van der Waals surface area contributed by atoms with Crippen molar-refractivity contribution in [1.29, 1.82) is 0 Å². The predicted molar refractivity (Wildman–Crippen MR) is 64.6 cm³/mol. The van der Waals surface area contributed by atoms with Crippen LogP contribution < -0.4 is 0 Å². The van der Waals surface area contributed by atoms with Crippen molar-refractivity contribution in [2.24, 2.45) is 0 Å². The fourth-order valence-corrected chi connectivity index (χ4v) is 1.51. The Labute approximate surface area is 99.5 Å². The molecule has 0 aliphatic rings. The van der Waals surface area contributed by atoms with Gasteiger partial charge in [-0.2, -0.15) is 0 Å². The van der Waals surface area contributed by atoms with Crippen molar-refractivity contribution in [3.8, 4) is 0 Å². The summed E-state index contributed by atoms with van der Waals surface area (Å²) in [5.41, 5.74) is 1.41. The third-order valence-corrected chi connectivity index (χ3v) is 2.59. The lowest BCUT2D eigenvalue weighted by Gasteiger charge is -2.09. The van der Waals surface area contributed by atoms with Crippen molar-refractivity contribution in [2.45, 2.75) is 26.2 Å². The maximum atomic E-state index is 13.5. The van der Waals surface area contributed by atoms with Gasteiger partial charge in [-0.3, -0.25) is 0 Å². The fourth-order valence-electron chi connectivity index (χ4n) is 1.51. The van der Waals surface area contributed by atoms with Crippen LogP contribution in [-0.4, -0.2) is 6.43 Å². The first-order valence-electron chi connectivity index (χ1n) is 5.38. The molecule has 1 rings (SSSR count). The number of hydrogen-bond acceptors (Lipinski definition) is 0. The van der Waals surface area contributed by atoms with E-state index in [0.29, 0.717) is 23.1 Å². The molecule has 1 aromatic rings. The van der Waals surface area contributed by atoms with Gasteiger partial charge in [0.25, 0.3) is 6.43 Å². The van der Waals surface area contributed by atoms with Gasteiger partial charge in [0.05, 0.1) is 0 Å². The van der Waals surface area contributed by atoms with Gasteiger partial charge in [-0.1, -0.05) is 32.2 Å². The number of hydrogen-bond donors (Lipinski definition) is 0. The third-order valence-electron chi connectivity index (χ3n) is 2.59. The maximum Gasteiger partial charge on any atom is 0.259 e. The monoisotopic (exact) mass is 240 g/mol. The van der Waals surface area contributed by atoms with E-state index >= 15 is 0 Å². The summed E-state index contributed by atoms with van der Waals surface area (Å²) in [5, 5.41) is 0. The summed E-state index contributed by atoms with van der Waals surface area (Å²) in [6.45, 7) is 8.81. The summed E-state index contributed by atoms with van der Waals surface area (Å²) in [6, 6.07) is 4.68. The lowest BCUT2D eigenvalue weighted by Crippen LogP contribution is -1.97. The lowest BCUT2D eigenvalue weighted by molar-refractivity contribution is 0.188. The third kappa shape index (κ3) is 3.48. The summed E-state index contributed by atoms with van der Waals surface area (Å²) < 4.78 is 38.1. The highest BCUT2D eigenvalue weighted by molar-refractivity contribution is 5.65. The van der Waals surface area contributed by atoms with E-state index in [1.807, 2.05) is 6.92 Å². The van der Waals surface area contributed by atoms with Gasteiger partial charge in [0.15, 0.2) is 0 Å². The molecule has 0 radical (unpaired) electrons. The second-order valence-corrected chi connectivity index (χ2v) is 3.90. The van der Waals surface area contributed by atoms with Crippen LogP contribution in [0.15, 0.2) is 36.9 Å². The Morgan fingerprint density at radius 3 is 2.41 bits per heavy atom. The summed E-state index contributed by atoms with van der Waals surface area (Å²) >= 11 is 0. The molecular weight excluding hydrogens is 225 g/mol. The number of alkyl halides is 2. The molecule has 0 amide bonds. The zero-order chi connectivity index (χ0) is 13.0. The number of rotatable bonds is 5. The summed E-state index contributed by atoms with van der Waals surface area (Å²) in [7, 11) is 0. The normalized spacial score (nSPS) is 10.6. The van der Waals surface area contributed by atoms with Gasteiger partial charge in [0, 0.05) is 0 Å². The lowest BCUT2D eigenvalue weighted by atomic mass is 9.99. The van der Waals surface area contributed by atoms with Gasteiger partial charge in [-0.25, -0.2) is 13.2 Å². The number of halogens is 3. The first-order valence-corrected chi connectivity index (χ1v) is 5.38. The molecule has 0 aromatic heterocycles.